The minimum Gasteiger partial charge on any atom is -0.466 e. The number of aryl methyl sites for hydroxylation is 1. The molecule has 25 heavy (non-hydrogen) atoms. The maximum Gasteiger partial charge on any atom is 0.338 e. The van der Waals surface area contributed by atoms with Crippen LogP contribution in [0.4, 0.5) is 4.79 Å². The van der Waals surface area contributed by atoms with Crippen LogP contribution in [0, 0.1) is 6.92 Å². The van der Waals surface area contributed by atoms with E-state index in [1.165, 1.54) is 7.11 Å². The fraction of sp³-hybridized carbons (Fsp3) is 0.444. The molecular formula is C18H23N3O4. The number of urea groups is 1. The summed E-state index contributed by atoms with van der Waals surface area (Å²) in [6, 6.07) is 6.90. The molecule has 7 heteroatoms. The Morgan fingerprint density at radius 1 is 1.28 bits per heavy atom. The highest BCUT2D eigenvalue weighted by Crippen LogP contribution is 2.28. The molecule has 1 atom stereocenters. The number of hydrogen-bond acceptors (Lipinski definition) is 5. The number of amides is 2. The van der Waals surface area contributed by atoms with Gasteiger partial charge in [0.15, 0.2) is 0 Å². The van der Waals surface area contributed by atoms with Crippen molar-refractivity contribution < 1.29 is 19.1 Å². The van der Waals surface area contributed by atoms with Gasteiger partial charge in [0, 0.05) is 25.3 Å². The average Bonchev–Trinajstić information content (AvgIpc) is 2.62. The van der Waals surface area contributed by atoms with Crippen LogP contribution in [0.3, 0.4) is 0 Å². The molecule has 3 rings (SSSR count). The third kappa shape index (κ3) is 4.00. The summed E-state index contributed by atoms with van der Waals surface area (Å²) in [4.78, 5) is 26.8. The van der Waals surface area contributed by atoms with E-state index in [1.54, 1.807) is 0 Å². The molecule has 0 saturated carbocycles. The molecule has 7 nitrogen and oxygen atoms in total. The number of benzene rings is 1. The zero-order valence-corrected chi connectivity index (χ0v) is 14.5. The van der Waals surface area contributed by atoms with E-state index in [-0.39, 0.29) is 6.03 Å². The highest BCUT2D eigenvalue weighted by molar-refractivity contribution is 5.95. The van der Waals surface area contributed by atoms with Crippen LogP contribution in [0.2, 0.25) is 0 Å². The number of esters is 1. The molecule has 0 radical (unpaired) electrons. The number of methoxy groups -OCH3 is 1. The fourth-order valence-electron chi connectivity index (χ4n) is 3.09. The van der Waals surface area contributed by atoms with Crippen LogP contribution >= 0.6 is 0 Å². The second-order valence-electron chi connectivity index (χ2n) is 6.21. The summed E-state index contributed by atoms with van der Waals surface area (Å²) in [5.74, 6) is -0.443. The first-order chi connectivity index (χ1) is 12.1. The molecule has 1 saturated heterocycles. The van der Waals surface area contributed by atoms with Crippen molar-refractivity contribution in [2.45, 2.75) is 13.0 Å². The van der Waals surface area contributed by atoms with E-state index in [2.05, 4.69) is 15.5 Å². The van der Waals surface area contributed by atoms with Crippen molar-refractivity contribution in [1.82, 2.24) is 15.5 Å². The molecule has 134 valence electrons. The van der Waals surface area contributed by atoms with Crippen molar-refractivity contribution in [2.24, 2.45) is 0 Å². The number of nitrogens with one attached hydrogen (secondary N) is 2. The maximum atomic E-state index is 12.5. The Bertz CT molecular complexity index is 678. The van der Waals surface area contributed by atoms with Crippen molar-refractivity contribution >= 4 is 12.0 Å². The van der Waals surface area contributed by atoms with Gasteiger partial charge in [0.25, 0.3) is 0 Å². The molecule has 0 aromatic heterocycles. The van der Waals surface area contributed by atoms with Gasteiger partial charge in [0.1, 0.15) is 0 Å². The van der Waals surface area contributed by atoms with Gasteiger partial charge >= 0.3 is 12.0 Å². The Morgan fingerprint density at radius 3 is 2.60 bits per heavy atom. The largest absolute Gasteiger partial charge is 0.466 e. The van der Waals surface area contributed by atoms with Crippen LogP contribution in [0.5, 0.6) is 0 Å². The standard InChI is InChI=1S/C18H23N3O4/c1-12-3-5-13(6-4-12)16-15(17(22)24-2)14(19-18(23)20-16)11-21-7-9-25-10-8-21/h3-6,16H,7-11H2,1-2H3,(H2,19,20,23). The Kier molecular flexibility index (Phi) is 5.35. The molecule has 1 aromatic rings. The normalized spacial score (nSPS) is 21.5. The lowest BCUT2D eigenvalue weighted by atomic mass is 9.94. The van der Waals surface area contributed by atoms with Gasteiger partial charge in [-0.3, -0.25) is 4.90 Å². The lowest BCUT2D eigenvalue weighted by Gasteiger charge is -2.33. The first-order valence-corrected chi connectivity index (χ1v) is 8.34. The number of rotatable bonds is 4. The minimum absolute atomic E-state index is 0.318. The first kappa shape index (κ1) is 17.4. The molecule has 1 fully saturated rings. The van der Waals surface area contributed by atoms with Gasteiger partial charge in [-0.05, 0) is 12.5 Å². The summed E-state index contributed by atoms with van der Waals surface area (Å²) in [6.45, 7) is 5.28. The van der Waals surface area contributed by atoms with E-state index >= 15 is 0 Å². The van der Waals surface area contributed by atoms with Crippen molar-refractivity contribution in [3.63, 3.8) is 0 Å². The number of carbonyl (C=O) groups excluding carboxylic acids is 2. The number of nitrogens with zero attached hydrogens (tertiary/aromatic N) is 1. The molecule has 1 aromatic carbocycles. The molecular weight excluding hydrogens is 322 g/mol. The van der Waals surface area contributed by atoms with Gasteiger partial charge in [-0.25, -0.2) is 9.59 Å². The van der Waals surface area contributed by atoms with Crippen LogP contribution in [0.1, 0.15) is 17.2 Å². The topological polar surface area (TPSA) is 79.9 Å². The number of morpholine rings is 1. The first-order valence-electron chi connectivity index (χ1n) is 8.34. The van der Waals surface area contributed by atoms with Gasteiger partial charge in [-0.2, -0.15) is 0 Å². The van der Waals surface area contributed by atoms with Crippen molar-refractivity contribution in [2.75, 3.05) is 40.0 Å². The van der Waals surface area contributed by atoms with E-state index in [1.807, 2.05) is 31.2 Å². The Morgan fingerprint density at radius 2 is 1.96 bits per heavy atom. The molecule has 0 spiro atoms. The van der Waals surface area contributed by atoms with E-state index in [0.717, 1.165) is 24.2 Å². The van der Waals surface area contributed by atoms with Gasteiger partial charge in [0.2, 0.25) is 0 Å². The highest BCUT2D eigenvalue weighted by atomic mass is 16.5. The van der Waals surface area contributed by atoms with Gasteiger partial charge in [-0.15, -0.1) is 0 Å². The number of hydrogen-bond donors (Lipinski definition) is 2. The number of ether oxygens (including phenoxy) is 2. The van der Waals surface area contributed by atoms with Crippen LogP contribution in [0.15, 0.2) is 35.5 Å². The van der Waals surface area contributed by atoms with Crippen molar-refractivity contribution in [3.8, 4) is 0 Å². The Labute approximate surface area is 147 Å². The molecule has 2 heterocycles. The van der Waals surface area contributed by atoms with E-state index in [4.69, 9.17) is 9.47 Å². The molecule has 0 bridgehead atoms. The molecule has 0 aliphatic carbocycles. The molecule has 1 unspecified atom stereocenters. The summed E-state index contributed by atoms with van der Waals surface area (Å²) < 4.78 is 10.3. The Balaban J connectivity index is 1.96. The molecule has 2 aliphatic rings. The monoisotopic (exact) mass is 345 g/mol. The fourth-order valence-corrected chi connectivity index (χ4v) is 3.09. The zero-order valence-electron chi connectivity index (χ0n) is 14.5. The van der Waals surface area contributed by atoms with Gasteiger partial charge in [0.05, 0.1) is 31.9 Å². The maximum absolute atomic E-state index is 12.5. The predicted molar refractivity (Wildman–Crippen MR) is 91.9 cm³/mol. The predicted octanol–water partition coefficient (Wildman–Crippen LogP) is 1.11. The summed E-state index contributed by atoms with van der Waals surface area (Å²) in [5, 5.41) is 5.62. The summed E-state index contributed by atoms with van der Waals surface area (Å²) in [6.07, 6.45) is 0. The average molecular weight is 345 g/mol. The second-order valence-corrected chi connectivity index (χ2v) is 6.21. The molecule has 2 N–H and O–H groups in total. The summed E-state index contributed by atoms with van der Waals surface area (Å²) in [5.41, 5.74) is 2.99. The zero-order chi connectivity index (χ0) is 17.8. The third-order valence-electron chi connectivity index (χ3n) is 4.46. The summed E-state index contributed by atoms with van der Waals surface area (Å²) >= 11 is 0. The van der Waals surface area contributed by atoms with Crippen LogP contribution in [0.25, 0.3) is 0 Å². The second kappa shape index (κ2) is 7.67. The van der Waals surface area contributed by atoms with Crippen LogP contribution < -0.4 is 10.6 Å². The Hall–Kier alpha value is -2.38. The van der Waals surface area contributed by atoms with E-state index < -0.39 is 12.0 Å². The number of carbonyl (C=O) groups is 2. The van der Waals surface area contributed by atoms with E-state index in [0.29, 0.717) is 31.0 Å². The highest BCUT2D eigenvalue weighted by Gasteiger charge is 2.34. The van der Waals surface area contributed by atoms with Crippen LogP contribution in [-0.2, 0) is 14.3 Å². The molecule has 2 aliphatic heterocycles. The summed E-state index contributed by atoms with van der Waals surface area (Å²) in [7, 11) is 1.35. The SMILES string of the molecule is COC(=O)C1=C(CN2CCOCC2)NC(=O)NC1c1ccc(C)cc1. The lowest BCUT2D eigenvalue weighted by Crippen LogP contribution is -2.49. The van der Waals surface area contributed by atoms with Crippen LogP contribution in [-0.4, -0.2) is 56.9 Å². The molecule has 2 amide bonds. The van der Waals surface area contributed by atoms with Gasteiger partial charge in [-0.1, -0.05) is 29.8 Å². The van der Waals surface area contributed by atoms with Crippen molar-refractivity contribution in [3.05, 3.63) is 46.7 Å². The smallest absolute Gasteiger partial charge is 0.338 e. The van der Waals surface area contributed by atoms with Gasteiger partial charge < -0.3 is 20.1 Å². The minimum atomic E-state index is -0.530. The van der Waals surface area contributed by atoms with Crippen molar-refractivity contribution in [1.29, 1.82) is 0 Å². The third-order valence-corrected chi connectivity index (χ3v) is 4.46. The lowest BCUT2D eigenvalue weighted by molar-refractivity contribution is -0.136. The van der Waals surface area contributed by atoms with E-state index in [9.17, 15) is 9.59 Å². The quantitative estimate of drug-likeness (QED) is 0.799.